The number of carbonyl (C=O) groups is 2. The average Bonchev–Trinajstić information content (AvgIpc) is 3.16. The molecule has 0 fully saturated rings. The second kappa shape index (κ2) is 10.3. The number of nitrogens with zero attached hydrogens (tertiary/aromatic N) is 1. The van der Waals surface area contributed by atoms with Crippen molar-refractivity contribution in [2.45, 2.75) is 12.8 Å². The van der Waals surface area contributed by atoms with E-state index in [0.717, 1.165) is 25.8 Å². The SMILES string of the molecule is CCOC(=O)C1=c2sc(=Cc3ccc(Br)cc3)c(=O)n2C(N)=C(C(=O)OC)C1c1ccc(Br)cc1. The van der Waals surface area contributed by atoms with Gasteiger partial charge < -0.3 is 15.2 Å². The van der Waals surface area contributed by atoms with E-state index in [9.17, 15) is 14.4 Å². The summed E-state index contributed by atoms with van der Waals surface area (Å²) in [5.74, 6) is -2.34. The Balaban J connectivity index is 2.11. The molecule has 0 saturated carbocycles. The third-order valence-corrected chi connectivity index (χ3v) is 7.59. The topological polar surface area (TPSA) is 101 Å². The molecule has 0 amide bonds. The standard InChI is InChI=1S/C25H20Br2N2O5S/c1-3-34-25(32)20-18(14-6-10-16(27)11-7-14)19(24(31)33-2)21(28)29-22(30)17(35-23(20)29)12-13-4-8-15(26)9-5-13/h4-12,18H,3,28H2,1-2H3. The Labute approximate surface area is 221 Å². The first-order chi connectivity index (χ1) is 16.8. The van der Waals surface area contributed by atoms with Gasteiger partial charge in [0, 0.05) is 8.95 Å². The van der Waals surface area contributed by atoms with E-state index >= 15 is 0 Å². The van der Waals surface area contributed by atoms with Gasteiger partial charge in [-0.1, -0.05) is 56.1 Å². The van der Waals surface area contributed by atoms with Crippen molar-refractivity contribution in [3.63, 3.8) is 0 Å². The van der Waals surface area contributed by atoms with E-state index in [0.29, 0.717) is 14.8 Å². The fourth-order valence-corrected chi connectivity index (χ4v) is 5.56. The second-order valence-corrected chi connectivity index (χ2v) is 10.4. The number of carbonyl (C=O) groups excluding carboxylic acids is 2. The maximum absolute atomic E-state index is 13.5. The molecule has 0 spiro atoms. The third-order valence-electron chi connectivity index (χ3n) is 5.42. The number of halogens is 2. The van der Waals surface area contributed by atoms with Gasteiger partial charge >= 0.3 is 11.9 Å². The lowest BCUT2D eigenvalue weighted by atomic mass is 9.83. The van der Waals surface area contributed by atoms with Crippen molar-refractivity contribution in [3.05, 3.63) is 93.7 Å². The van der Waals surface area contributed by atoms with Crippen LogP contribution in [0.15, 0.2) is 67.8 Å². The minimum atomic E-state index is -0.881. The van der Waals surface area contributed by atoms with Crippen molar-refractivity contribution >= 4 is 72.6 Å². The number of aromatic nitrogens is 1. The predicted molar refractivity (Wildman–Crippen MR) is 142 cm³/mol. The lowest BCUT2D eigenvalue weighted by Crippen LogP contribution is -2.41. The molecule has 1 atom stereocenters. The van der Waals surface area contributed by atoms with Gasteiger partial charge in [0.2, 0.25) is 0 Å². The highest BCUT2D eigenvalue weighted by Gasteiger charge is 2.39. The summed E-state index contributed by atoms with van der Waals surface area (Å²) in [6.07, 6.45) is 1.72. The molecule has 2 heterocycles. The minimum absolute atomic E-state index is 0.000433. The number of methoxy groups -OCH3 is 1. The van der Waals surface area contributed by atoms with Gasteiger partial charge in [0.05, 0.1) is 35.3 Å². The Bertz CT molecular complexity index is 1520. The van der Waals surface area contributed by atoms with Gasteiger partial charge in [-0.25, -0.2) is 9.59 Å². The molecule has 180 valence electrons. The van der Waals surface area contributed by atoms with Crippen LogP contribution in [-0.2, 0) is 19.1 Å². The van der Waals surface area contributed by atoms with Crippen molar-refractivity contribution < 1.29 is 19.1 Å². The normalized spacial score (nSPS) is 15.7. The highest BCUT2D eigenvalue weighted by Crippen LogP contribution is 2.38. The molecule has 7 nitrogen and oxygen atoms in total. The number of benzene rings is 2. The number of esters is 2. The Morgan fingerprint density at radius 2 is 1.63 bits per heavy atom. The molecule has 0 radical (unpaired) electrons. The number of hydrogen-bond donors (Lipinski definition) is 1. The molecular formula is C25H20Br2N2O5S. The lowest BCUT2D eigenvalue weighted by molar-refractivity contribution is -0.136. The van der Waals surface area contributed by atoms with Crippen molar-refractivity contribution in [3.8, 4) is 0 Å². The van der Waals surface area contributed by atoms with Gasteiger partial charge in [-0.3, -0.25) is 9.36 Å². The Kier molecular flexibility index (Phi) is 7.44. The van der Waals surface area contributed by atoms with E-state index < -0.39 is 23.4 Å². The number of hydrogen-bond acceptors (Lipinski definition) is 7. The van der Waals surface area contributed by atoms with Crippen LogP contribution in [0.5, 0.6) is 0 Å². The van der Waals surface area contributed by atoms with E-state index in [2.05, 4.69) is 31.9 Å². The fraction of sp³-hybridized carbons (Fsp3) is 0.160. The Hall–Kier alpha value is -2.95. The molecule has 4 rings (SSSR count). The van der Waals surface area contributed by atoms with Crippen LogP contribution in [0, 0.1) is 0 Å². The summed E-state index contributed by atoms with van der Waals surface area (Å²) in [6.45, 7) is 1.81. The summed E-state index contributed by atoms with van der Waals surface area (Å²) in [5, 5.41) is 0. The van der Waals surface area contributed by atoms with Crippen molar-refractivity contribution in [2.24, 2.45) is 5.73 Å². The minimum Gasteiger partial charge on any atom is -0.466 e. The largest absolute Gasteiger partial charge is 0.466 e. The molecule has 1 unspecified atom stereocenters. The van der Waals surface area contributed by atoms with Crippen molar-refractivity contribution in [2.75, 3.05) is 13.7 Å². The van der Waals surface area contributed by atoms with Gasteiger partial charge in [-0.05, 0) is 48.4 Å². The quantitative estimate of drug-likeness (QED) is 0.441. The van der Waals surface area contributed by atoms with Gasteiger partial charge in [-0.15, -0.1) is 11.3 Å². The molecule has 1 aliphatic rings. The van der Waals surface area contributed by atoms with Crippen LogP contribution < -0.4 is 20.5 Å². The van der Waals surface area contributed by atoms with Gasteiger partial charge in [-0.2, -0.15) is 0 Å². The average molecular weight is 620 g/mol. The summed E-state index contributed by atoms with van der Waals surface area (Å²) >= 11 is 7.92. The van der Waals surface area contributed by atoms with E-state index in [1.54, 1.807) is 37.3 Å². The van der Waals surface area contributed by atoms with Crippen molar-refractivity contribution in [1.29, 1.82) is 0 Å². The van der Waals surface area contributed by atoms with Crippen LogP contribution in [0.1, 0.15) is 24.0 Å². The maximum atomic E-state index is 13.5. The first-order valence-electron chi connectivity index (χ1n) is 10.5. The fourth-order valence-electron chi connectivity index (χ4n) is 3.86. The van der Waals surface area contributed by atoms with E-state index in [1.807, 2.05) is 24.3 Å². The first kappa shape index (κ1) is 25.2. The Morgan fingerprint density at radius 1 is 1.03 bits per heavy atom. The second-order valence-electron chi connectivity index (χ2n) is 7.52. The number of ether oxygens (including phenoxy) is 2. The first-order valence-corrected chi connectivity index (χ1v) is 12.9. The summed E-state index contributed by atoms with van der Waals surface area (Å²) in [5.41, 5.74) is 7.58. The van der Waals surface area contributed by atoms with Gasteiger partial charge in [0.25, 0.3) is 5.56 Å². The zero-order valence-corrected chi connectivity index (χ0v) is 22.7. The number of thiazole rings is 1. The number of nitrogens with two attached hydrogens (primary N) is 1. The molecule has 10 heteroatoms. The Morgan fingerprint density at radius 3 is 2.20 bits per heavy atom. The summed E-state index contributed by atoms with van der Waals surface area (Å²) in [7, 11) is 1.23. The molecule has 2 N–H and O–H groups in total. The van der Waals surface area contributed by atoms with Crippen LogP contribution in [-0.4, -0.2) is 30.2 Å². The molecule has 3 aromatic rings. The lowest BCUT2D eigenvalue weighted by Gasteiger charge is -2.26. The van der Waals surface area contributed by atoms with Crippen molar-refractivity contribution in [1.82, 2.24) is 4.57 Å². The molecule has 0 aliphatic carbocycles. The van der Waals surface area contributed by atoms with Crippen LogP contribution in [0.25, 0.3) is 17.5 Å². The van der Waals surface area contributed by atoms with E-state index in [-0.39, 0.29) is 23.6 Å². The third kappa shape index (κ3) is 4.78. The van der Waals surface area contributed by atoms with Crippen LogP contribution in [0.2, 0.25) is 0 Å². The molecular weight excluding hydrogens is 600 g/mol. The van der Waals surface area contributed by atoms with E-state index in [4.69, 9.17) is 15.2 Å². The summed E-state index contributed by atoms with van der Waals surface area (Å²) < 4.78 is 14.0. The molecule has 0 saturated heterocycles. The highest BCUT2D eigenvalue weighted by molar-refractivity contribution is 9.10. The molecule has 0 bridgehead atoms. The van der Waals surface area contributed by atoms with Gasteiger partial charge in [0.1, 0.15) is 10.5 Å². The van der Waals surface area contributed by atoms with Crippen LogP contribution in [0.4, 0.5) is 0 Å². The van der Waals surface area contributed by atoms with Crippen LogP contribution in [0.3, 0.4) is 0 Å². The molecule has 2 aromatic carbocycles. The molecule has 1 aromatic heterocycles. The molecule has 1 aliphatic heterocycles. The van der Waals surface area contributed by atoms with Crippen LogP contribution >= 0.6 is 43.2 Å². The monoisotopic (exact) mass is 618 g/mol. The highest BCUT2D eigenvalue weighted by atomic mass is 79.9. The zero-order chi connectivity index (χ0) is 25.3. The summed E-state index contributed by atoms with van der Waals surface area (Å²) in [4.78, 5) is 39.7. The molecule has 35 heavy (non-hydrogen) atoms. The predicted octanol–water partition coefficient (Wildman–Crippen LogP) is 3.08. The smallest absolute Gasteiger partial charge is 0.338 e. The number of fused-ring (bicyclic) bond motifs is 1. The van der Waals surface area contributed by atoms with Gasteiger partial charge in [0.15, 0.2) is 0 Å². The van der Waals surface area contributed by atoms with E-state index in [1.165, 1.54) is 11.7 Å². The summed E-state index contributed by atoms with van der Waals surface area (Å²) in [6, 6.07) is 14.6. The number of rotatable bonds is 5. The maximum Gasteiger partial charge on any atom is 0.338 e. The zero-order valence-electron chi connectivity index (χ0n) is 18.7.